The molecule has 3 rings (SSSR count). The van der Waals surface area contributed by atoms with E-state index in [2.05, 4.69) is 15.5 Å². The third-order valence-electron chi connectivity index (χ3n) is 2.79. The van der Waals surface area contributed by atoms with Crippen LogP contribution in [0.3, 0.4) is 0 Å². The molecule has 0 aliphatic rings. The molecule has 0 saturated heterocycles. The highest BCUT2D eigenvalue weighted by Gasteiger charge is 2.09. The molecule has 21 heavy (non-hydrogen) atoms. The van der Waals surface area contributed by atoms with Gasteiger partial charge < -0.3 is 9.73 Å². The fraction of sp³-hybridized carbons (Fsp3) is 0.0769. The van der Waals surface area contributed by atoms with Gasteiger partial charge in [0.15, 0.2) is 0 Å². The maximum Gasteiger partial charge on any atom is 0.324 e. The number of rotatable bonds is 5. The first-order chi connectivity index (χ1) is 10.2. The molecule has 0 fully saturated rings. The Balaban J connectivity index is 1.70. The zero-order chi connectivity index (χ0) is 14.7. The lowest BCUT2D eigenvalue weighted by Gasteiger charge is -2.05. The Morgan fingerprint density at radius 3 is 3.00 bits per heavy atom. The van der Waals surface area contributed by atoms with Gasteiger partial charge >= 0.3 is 5.00 Å². The van der Waals surface area contributed by atoms with Crippen LogP contribution in [0.5, 0.6) is 0 Å². The third-order valence-corrected chi connectivity index (χ3v) is 3.72. The average molecular weight is 302 g/mol. The number of benzene rings is 1. The molecule has 2 aromatic heterocycles. The average Bonchev–Trinajstić information content (AvgIpc) is 3.17. The predicted octanol–water partition coefficient (Wildman–Crippen LogP) is 3.32. The van der Waals surface area contributed by atoms with Gasteiger partial charge in [-0.05, 0) is 23.8 Å². The Kier molecular flexibility index (Phi) is 3.61. The van der Waals surface area contributed by atoms with Crippen molar-refractivity contribution in [2.24, 2.45) is 0 Å². The van der Waals surface area contributed by atoms with Crippen LogP contribution in [-0.2, 0) is 6.54 Å². The number of hydrogen-bond acceptors (Lipinski definition) is 7. The standard InChI is InChI=1S/C13H10N4O3S/c18-17(19)12-4-9(7-21-12)6-14-11-3-1-2-10(5-11)13-16-15-8-20-13/h1-5,7-8,14H,6H2. The molecule has 0 radical (unpaired) electrons. The first-order valence-corrected chi connectivity index (χ1v) is 6.92. The fourth-order valence-corrected chi connectivity index (χ4v) is 2.55. The van der Waals surface area contributed by atoms with Crippen molar-refractivity contribution in [1.82, 2.24) is 10.2 Å². The number of nitrogens with one attached hydrogen (secondary N) is 1. The Morgan fingerprint density at radius 1 is 1.38 bits per heavy atom. The molecule has 2 heterocycles. The number of nitrogens with zero attached hydrogens (tertiary/aromatic N) is 3. The van der Waals surface area contributed by atoms with Crippen LogP contribution >= 0.6 is 11.3 Å². The van der Waals surface area contributed by atoms with Crippen molar-refractivity contribution in [3.8, 4) is 11.5 Å². The SMILES string of the molecule is O=[N+]([O-])c1cc(CNc2cccc(-c3nnco3)c2)cs1. The molecule has 0 saturated carbocycles. The molecule has 106 valence electrons. The molecule has 8 heteroatoms. The van der Waals surface area contributed by atoms with Crippen LogP contribution in [0.4, 0.5) is 10.7 Å². The molecule has 0 unspecified atom stereocenters. The summed E-state index contributed by atoms with van der Waals surface area (Å²) in [6.07, 6.45) is 1.28. The lowest BCUT2D eigenvalue weighted by molar-refractivity contribution is -0.380. The summed E-state index contributed by atoms with van der Waals surface area (Å²) in [6, 6.07) is 9.10. The maximum absolute atomic E-state index is 10.6. The lowest BCUT2D eigenvalue weighted by Crippen LogP contribution is -1.98. The Hall–Kier alpha value is -2.74. The summed E-state index contributed by atoms with van der Waals surface area (Å²) < 4.78 is 5.14. The van der Waals surface area contributed by atoms with Gasteiger partial charge in [-0.3, -0.25) is 10.1 Å². The maximum atomic E-state index is 10.6. The molecule has 7 nitrogen and oxygen atoms in total. The minimum Gasteiger partial charge on any atom is -0.423 e. The topological polar surface area (TPSA) is 94.1 Å². The van der Waals surface area contributed by atoms with E-state index in [1.807, 2.05) is 24.3 Å². The van der Waals surface area contributed by atoms with Crippen LogP contribution in [-0.4, -0.2) is 15.1 Å². The number of nitro groups is 1. The summed E-state index contributed by atoms with van der Waals surface area (Å²) >= 11 is 1.12. The molecule has 3 aromatic rings. The Morgan fingerprint density at radius 2 is 2.29 bits per heavy atom. The van der Waals surface area contributed by atoms with Crippen LogP contribution in [0, 0.1) is 10.1 Å². The van der Waals surface area contributed by atoms with Crippen molar-refractivity contribution in [1.29, 1.82) is 0 Å². The summed E-state index contributed by atoms with van der Waals surface area (Å²) in [6.45, 7) is 0.512. The molecule has 0 bridgehead atoms. The summed E-state index contributed by atoms with van der Waals surface area (Å²) in [5.74, 6) is 0.449. The van der Waals surface area contributed by atoms with Crippen LogP contribution in [0.2, 0.25) is 0 Å². The summed E-state index contributed by atoms with van der Waals surface area (Å²) in [7, 11) is 0. The Bertz CT molecular complexity index is 754. The second-order valence-electron chi connectivity index (χ2n) is 4.23. The van der Waals surface area contributed by atoms with Crippen molar-refractivity contribution >= 4 is 22.0 Å². The van der Waals surface area contributed by atoms with Gasteiger partial charge in [-0.25, -0.2) is 0 Å². The van der Waals surface area contributed by atoms with Crippen molar-refractivity contribution in [2.75, 3.05) is 5.32 Å². The van der Waals surface area contributed by atoms with Crippen LogP contribution < -0.4 is 5.32 Å². The molecule has 0 aliphatic carbocycles. The highest BCUT2D eigenvalue weighted by molar-refractivity contribution is 7.13. The van der Waals surface area contributed by atoms with Crippen molar-refractivity contribution in [2.45, 2.75) is 6.54 Å². The second kappa shape index (κ2) is 5.71. The molecular formula is C13H10N4O3S. The molecule has 0 atom stereocenters. The van der Waals surface area contributed by atoms with Crippen LogP contribution in [0.25, 0.3) is 11.5 Å². The van der Waals surface area contributed by atoms with Gasteiger partial charge in [0, 0.05) is 29.2 Å². The first kappa shape index (κ1) is 13.3. The minimum absolute atomic E-state index is 0.145. The zero-order valence-corrected chi connectivity index (χ0v) is 11.5. The van der Waals surface area contributed by atoms with Gasteiger partial charge in [-0.2, -0.15) is 0 Å². The van der Waals surface area contributed by atoms with E-state index in [1.165, 1.54) is 6.39 Å². The van der Waals surface area contributed by atoms with Crippen molar-refractivity contribution in [3.63, 3.8) is 0 Å². The molecule has 1 N–H and O–H groups in total. The van der Waals surface area contributed by atoms with E-state index in [0.29, 0.717) is 12.4 Å². The first-order valence-electron chi connectivity index (χ1n) is 6.04. The molecule has 0 spiro atoms. The fourth-order valence-electron chi connectivity index (χ4n) is 1.82. The van der Waals surface area contributed by atoms with Gasteiger partial charge in [0.1, 0.15) is 0 Å². The van der Waals surface area contributed by atoms with Crippen LogP contribution in [0.15, 0.2) is 46.5 Å². The van der Waals surface area contributed by atoms with E-state index >= 15 is 0 Å². The van der Waals surface area contributed by atoms with E-state index in [-0.39, 0.29) is 9.92 Å². The van der Waals surface area contributed by atoms with Gasteiger partial charge in [0.25, 0.3) is 0 Å². The van der Waals surface area contributed by atoms with E-state index in [1.54, 1.807) is 11.4 Å². The second-order valence-corrected chi connectivity index (χ2v) is 5.12. The molecule has 0 aliphatic heterocycles. The minimum atomic E-state index is -0.385. The van der Waals surface area contributed by atoms with E-state index in [4.69, 9.17) is 4.42 Å². The van der Waals surface area contributed by atoms with E-state index in [0.717, 1.165) is 28.2 Å². The summed E-state index contributed by atoms with van der Waals surface area (Å²) in [5, 5.41) is 23.3. The molecule has 0 amide bonds. The number of anilines is 1. The van der Waals surface area contributed by atoms with Crippen molar-refractivity contribution < 1.29 is 9.34 Å². The number of thiophene rings is 1. The normalized spacial score (nSPS) is 10.5. The lowest BCUT2D eigenvalue weighted by atomic mass is 10.2. The van der Waals surface area contributed by atoms with Gasteiger partial charge in [0.2, 0.25) is 12.3 Å². The monoisotopic (exact) mass is 302 g/mol. The smallest absolute Gasteiger partial charge is 0.324 e. The summed E-state index contributed by atoms with van der Waals surface area (Å²) in [4.78, 5) is 10.3. The van der Waals surface area contributed by atoms with E-state index < -0.39 is 0 Å². The van der Waals surface area contributed by atoms with Crippen LogP contribution in [0.1, 0.15) is 5.56 Å². The van der Waals surface area contributed by atoms with Gasteiger partial charge in [0.05, 0.1) is 4.92 Å². The number of hydrogen-bond donors (Lipinski definition) is 1. The highest BCUT2D eigenvalue weighted by atomic mass is 32.1. The summed E-state index contributed by atoms with van der Waals surface area (Å²) in [5.41, 5.74) is 2.56. The largest absolute Gasteiger partial charge is 0.423 e. The van der Waals surface area contributed by atoms with Crippen molar-refractivity contribution in [3.05, 3.63) is 57.8 Å². The quantitative estimate of drug-likeness (QED) is 0.574. The van der Waals surface area contributed by atoms with E-state index in [9.17, 15) is 10.1 Å². The zero-order valence-electron chi connectivity index (χ0n) is 10.7. The predicted molar refractivity (Wildman–Crippen MR) is 78.0 cm³/mol. The van der Waals surface area contributed by atoms with Gasteiger partial charge in [-0.15, -0.1) is 10.2 Å². The number of aromatic nitrogens is 2. The Labute approximate surface area is 123 Å². The molecule has 1 aromatic carbocycles. The van der Waals surface area contributed by atoms with Gasteiger partial charge in [-0.1, -0.05) is 17.4 Å². The third kappa shape index (κ3) is 3.06. The highest BCUT2D eigenvalue weighted by Crippen LogP contribution is 2.24. The molecular weight excluding hydrogens is 292 g/mol.